The molecule has 3 aromatic rings. The number of carboxylic acids is 1. The normalized spacial score (nSPS) is 10.6. The van der Waals surface area contributed by atoms with E-state index in [2.05, 4.69) is 26.5 Å². The van der Waals surface area contributed by atoms with Crippen molar-refractivity contribution in [3.8, 4) is 17.2 Å². The van der Waals surface area contributed by atoms with Gasteiger partial charge in [0, 0.05) is 4.47 Å². The molecule has 0 radical (unpaired) electrons. The first-order valence-corrected chi connectivity index (χ1v) is 10.6. The molecule has 3 rings (SSSR count). The number of hydrazone groups is 1. The molecule has 0 spiro atoms. The summed E-state index contributed by atoms with van der Waals surface area (Å²) in [5.41, 5.74) is 4.13. The van der Waals surface area contributed by atoms with E-state index in [-0.39, 0.29) is 18.8 Å². The van der Waals surface area contributed by atoms with Gasteiger partial charge in [-0.05, 0) is 65.7 Å². The average molecular weight is 513 g/mol. The highest BCUT2D eigenvalue weighted by Crippen LogP contribution is 2.28. The lowest BCUT2D eigenvalue weighted by Crippen LogP contribution is -2.24. The highest BCUT2D eigenvalue weighted by atomic mass is 79.9. The predicted molar refractivity (Wildman–Crippen MR) is 126 cm³/mol. The zero-order chi connectivity index (χ0) is 23.6. The van der Waals surface area contributed by atoms with Crippen molar-refractivity contribution >= 4 is 34.0 Å². The van der Waals surface area contributed by atoms with Crippen LogP contribution in [0.4, 0.5) is 0 Å². The smallest absolute Gasteiger partial charge is 0.335 e. The number of aromatic carboxylic acids is 1. The van der Waals surface area contributed by atoms with Gasteiger partial charge in [0.15, 0.2) is 18.1 Å². The van der Waals surface area contributed by atoms with Crippen molar-refractivity contribution in [3.63, 3.8) is 0 Å². The van der Waals surface area contributed by atoms with Crippen molar-refractivity contribution in [1.29, 1.82) is 0 Å². The SMILES string of the molecule is COc1cc(/C=N\NC(=O)COc2ccc(Br)cc2)ccc1OCc1ccc(C(=O)O)cc1. The molecule has 33 heavy (non-hydrogen) atoms. The molecule has 2 N–H and O–H groups in total. The molecule has 0 aliphatic rings. The molecule has 170 valence electrons. The molecule has 0 aromatic heterocycles. The molecule has 8 nitrogen and oxygen atoms in total. The summed E-state index contributed by atoms with van der Waals surface area (Å²) >= 11 is 3.33. The molecular weight excluding hydrogens is 492 g/mol. The molecule has 0 unspecified atom stereocenters. The van der Waals surface area contributed by atoms with Crippen LogP contribution in [-0.4, -0.2) is 36.9 Å². The lowest BCUT2D eigenvalue weighted by molar-refractivity contribution is -0.123. The Morgan fingerprint density at radius 3 is 2.39 bits per heavy atom. The zero-order valence-electron chi connectivity index (χ0n) is 17.7. The van der Waals surface area contributed by atoms with Gasteiger partial charge in [0.25, 0.3) is 5.91 Å². The Bertz CT molecular complexity index is 1130. The predicted octanol–water partition coefficient (Wildman–Crippen LogP) is 4.26. The fraction of sp³-hybridized carbons (Fsp3) is 0.125. The van der Waals surface area contributed by atoms with Gasteiger partial charge in [-0.2, -0.15) is 5.10 Å². The Balaban J connectivity index is 1.51. The van der Waals surface area contributed by atoms with Crippen LogP contribution in [0.25, 0.3) is 0 Å². The number of rotatable bonds is 10. The van der Waals surface area contributed by atoms with Crippen molar-refractivity contribution in [2.45, 2.75) is 6.61 Å². The topological polar surface area (TPSA) is 106 Å². The lowest BCUT2D eigenvalue weighted by Gasteiger charge is -2.11. The van der Waals surface area contributed by atoms with Crippen LogP contribution in [0.5, 0.6) is 17.2 Å². The highest BCUT2D eigenvalue weighted by Gasteiger charge is 2.07. The molecule has 0 aliphatic carbocycles. The molecule has 1 amide bonds. The maximum absolute atomic E-state index is 11.9. The molecule has 0 aliphatic heterocycles. The number of halogens is 1. The van der Waals surface area contributed by atoms with Gasteiger partial charge in [-0.3, -0.25) is 4.79 Å². The largest absolute Gasteiger partial charge is 0.493 e. The van der Waals surface area contributed by atoms with E-state index in [9.17, 15) is 9.59 Å². The van der Waals surface area contributed by atoms with E-state index in [0.717, 1.165) is 10.0 Å². The van der Waals surface area contributed by atoms with E-state index < -0.39 is 11.9 Å². The minimum Gasteiger partial charge on any atom is -0.493 e. The number of hydrogen-bond acceptors (Lipinski definition) is 6. The van der Waals surface area contributed by atoms with Crippen molar-refractivity contribution in [2.75, 3.05) is 13.7 Å². The number of hydrogen-bond donors (Lipinski definition) is 2. The summed E-state index contributed by atoms with van der Waals surface area (Å²) in [5.74, 6) is 0.218. The molecule has 0 fully saturated rings. The van der Waals surface area contributed by atoms with Crippen LogP contribution < -0.4 is 19.6 Å². The van der Waals surface area contributed by atoms with Gasteiger partial charge >= 0.3 is 5.97 Å². The van der Waals surface area contributed by atoms with E-state index in [4.69, 9.17) is 19.3 Å². The number of carbonyl (C=O) groups excluding carboxylic acids is 1. The highest BCUT2D eigenvalue weighted by molar-refractivity contribution is 9.10. The van der Waals surface area contributed by atoms with Crippen molar-refractivity contribution in [1.82, 2.24) is 5.43 Å². The van der Waals surface area contributed by atoms with E-state index in [1.807, 2.05) is 12.1 Å². The second-order valence-corrected chi connectivity index (χ2v) is 7.65. The van der Waals surface area contributed by atoms with Gasteiger partial charge in [-0.1, -0.05) is 28.1 Å². The van der Waals surface area contributed by atoms with Crippen molar-refractivity contribution in [3.05, 3.63) is 87.9 Å². The second kappa shape index (κ2) is 11.7. The van der Waals surface area contributed by atoms with Crippen LogP contribution in [0.2, 0.25) is 0 Å². The number of methoxy groups -OCH3 is 1. The van der Waals surface area contributed by atoms with Gasteiger partial charge < -0.3 is 19.3 Å². The number of carbonyl (C=O) groups is 2. The summed E-state index contributed by atoms with van der Waals surface area (Å²) in [6, 6.07) is 18.8. The molecule has 0 saturated heterocycles. The van der Waals surface area contributed by atoms with Crippen LogP contribution in [-0.2, 0) is 11.4 Å². The summed E-state index contributed by atoms with van der Waals surface area (Å²) in [6.07, 6.45) is 1.48. The van der Waals surface area contributed by atoms with Gasteiger partial charge in [0.1, 0.15) is 12.4 Å². The quantitative estimate of drug-likeness (QED) is 0.310. The molecule has 9 heteroatoms. The number of amides is 1. The first-order valence-electron chi connectivity index (χ1n) is 9.78. The van der Waals surface area contributed by atoms with Crippen LogP contribution in [0, 0.1) is 0 Å². The Hall–Kier alpha value is -3.85. The maximum atomic E-state index is 11.9. The number of nitrogens with one attached hydrogen (secondary N) is 1. The van der Waals surface area contributed by atoms with E-state index in [1.165, 1.54) is 25.5 Å². The van der Waals surface area contributed by atoms with Crippen LogP contribution in [0.1, 0.15) is 21.5 Å². The number of nitrogens with zero attached hydrogens (tertiary/aromatic N) is 1. The van der Waals surface area contributed by atoms with E-state index in [1.54, 1.807) is 42.5 Å². The van der Waals surface area contributed by atoms with Gasteiger partial charge in [-0.15, -0.1) is 0 Å². The summed E-state index contributed by atoms with van der Waals surface area (Å²) < 4.78 is 17.5. The third kappa shape index (κ3) is 7.36. The number of carboxylic acid groups (broad SMARTS) is 1. The molecule has 0 saturated carbocycles. The van der Waals surface area contributed by atoms with Gasteiger partial charge in [-0.25, -0.2) is 10.2 Å². The van der Waals surface area contributed by atoms with Gasteiger partial charge in [0.2, 0.25) is 0 Å². The Labute approximate surface area is 198 Å². The first kappa shape index (κ1) is 23.8. The minimum atomic E-state index is -0.977. The fourth-order valence-electron chi connectivity index (χ4n) is 2.68. The summed E-state index contributed by atoms with van der Waals surface area (Å²) in [6.45, 7) is 0.0840. The molecule has 0 heterocycles. The van der Waals surface area contributed by atoms with Crippen LogP contribution in [0.3, 0.4) is 0 Å². The second-order valence-electron chi connectivity index (χ2n) is 6.74. The maximum Gasteiger partial charge on any atom is 0.335 e. The molecule has 0 atom stereocenters. The van der Waals surface area contributed by atoms with E-state index >= 15 is 0 Å². The fourth-order valence-corrected chi connectivity index (χ4v) is 2.94. The van der Waals surface area contributed by atoms with E-state index in [0.29, 0.717) is 22.8 Å². The third-order valence-corrected chi connectivity index (χ3v) is 4.90. The first-order chi connectivity index (χ1) is 15.9. The Kier molecular flexibility index (Phi) is 8.43. The summed E-state index contributed by atoms with van der Waals surface area (Å²) in [7, 11) is 1.52. The summed E-state index contributed by atoms with van der Waals surface area (Å²) in [5, 5.41) is 12.9. The number of ether oxygens (including phenoxy) is 3. The lowest BCUT2D eigenvalue weighted by atomic mass is 10.1. The molecule has 3 aromatic carbocycles. The Morgan fingerprint density at radius 2 is 1.73 bits per heavy atom. The minimum absolute atomic E-state index is 0.164. The van der Waals surface area contributed by atoms with Gasteiger partial charge in [0.05, 0.1) is 18.9 Å². The molecular formula is C24H21BrN2O6. The third-order valence-electron chi connectivity index (χ3n) is 4.37. The van der Waals surface area contributed by atoms with Crippen molar-refractivity contribution < 1.29 is 28.9 Å². The average Bonchev–Trinajstić information content (AvgIpc) is 2.83. The molecule has 0 bridgehead atoms. The van der Waals surface area contributed by atoms with Crippen LogP contribution >= 0.6 is 15.9 Å². The van der Waals surface area contributed by atoms with Crippen molar-refractivity contribution in [2.24, 2.45) is 5.10 Å². The van der Waals surface area contributed by atoms with Crippen LogP contribution in [0.15, 0.2) is 76.3 Å². The standard InChI is InChI=1S/C24H21BrN2O6/c1-31-22-12-17(13-26-27-23(28)15-32-20-9-7-19(25)8-10-20)4-11-21(22)33-14-16-2-5-18(6-3-16)24(29)30/h2-13H,14-15H2,1H3,(H,27,28)(H,29,30)/b26-13-. The monoisotopic (exact) mass is 512 g/mol. The summed E-state index contributed by atoms with van der Waals surface area (Å²) in [4.78, 5) is 22.8. The Morgan fingerprint density at radius 1 is 1.00 bits per heavy atom. The zero-order valence-corrected chi connectivity index (χ0v) is 19.2. The number of benzene rings is 3.